The Kier molecular flexibility index (Phi) is 8.40. The van der Waals surface area contributed by atoms with Crippen LogP contribution in [0.3, 0.4) is 0 Å². The van der Waals surface area contributed by atoms with Crippen molar-refractivity contribution >= 4 is 32.5 Å². The van der Waals surface area contributed by atoms with Gasteiger partial charge in [0, 0.05) is 25.5 Å². The number of halogens is 5. The molecule has 0 spiro atoms. The number of fused-ring (bicyclic) bond motifs is 1. The van der Waals surface area contributed by atoms with Crippen LogP contribution in [0.1, 0.15) is 55.7 Å². The van der Waals surface area contributed by atoms with E-state index in [9.17, 15) is 40.0 Å². The van der Waals surface area contributed by atoms with E-state index in [-0.39, 0.29) is 35.1 Å². The number of aromatic nitrogens is 3. The van der Waals surface area contributed by atoms with Crippen LogP contribution in [-0.4, -0.2) is 45.8 Å². The molecular formula is C31H28F5N5O4S. The van der Waals surface area contributed by atoms with E-state index < -0.39 is 62.5 Å². The van der Waals surface area contributed by atoms with Gasteiger partial charge in [0.2, 0.25) is 21.7 Å². The Morgan fingerprint density at radius 1 is 0.913 bits per heavy atom. The molecule has 1 amide bonds. The van der Waals surface area contributed by atoms with Crippen LogP contribution in [0.4, 0.5) is 27.6 Å². The zero-order chi connectivity index (χ0) is 32.9. The van der Waals surface area contributed by atoms with Crippen molar-refractivity contribution in [1.29, 1.82) is 0 Å². The number of hydrogen-bond donors (Lipinski definition) is 0. The Labute approximate surface area is 260 Å². The first-order chi connectivity index (χ1) is 21.9. The second-order valence-electron chi connectivity index (χ2n) is 11.5. The van der Waals surface area contributed by atoms with Gasteiger partial charge < -0.3 is 9.47 Å². The highest BCUT2D eigenvalue weighted by molar-refractivity contribution is 7.89. The zero-order valence-electron chi connectivity index (χ0n) is 24.5. The fraction of sp³-hybridized carbons (Fsp3) is 0.355. The van der Waals surface area contributed by atoms with E-state index in [1.54, 1.807) is 12.3 Å². The second-order valence-corrected chi connectivity index (χ2v) is 13.4. The van der Waals surface area contributed by atoms with Gasteiger partial charge in [-0.1, -0.05) is 25.3 Å². The minimum Gasteiger partial charge on any atom is -0.305 e. The Morgan fingerprint density at radius 3 is 2.20 bits per heavy atom. The molecule has 2 fully saturated rings. The number of rotatable bonds is 7. The Hall–Kier alpha value is -4.24. The van der Waals surface area contributed by atoms with Crippen LogP contribution in [0.2, 0.25) is 0 Å². The van der Waals surface area contributed by atoms with Crippen LogP contribution in [0.15, 0.2) is 52.5 Å². The van der Waals surface area contributed by atoms with Gasteiger partial charge in [-0.2, -0.15) is 4.31 Å². The van der Waals surface area contributed by atoms with Crippen molar-refractivity contribution in [2.24, 2.45) is 7.05 Å². The third-order valence-electron chi connectivity index (χ3n) is 8.72. The van der Waals surface area contributed by atoms with Gasteiger partial charge in [-0.15, -0.1) is 0 Å². The number of nitrogens with zero attached hydrogens (tertiary/aromatic N) is 5. The molecule has 1 atom stereocenters. The van der Waals surface area contributed by atoms with Crippen molar-refractivity contribution < 1.29 is 35.2 Å². The molecule has 4 aromatic rings. The van der Waals surface area contributed by atoms with Crippen LogP contribution in [0.25, 0.3) is 10.9 Å². The molecule has 242 valence electrons. The molecule has 1 saturated carbocycles. The van der Waals surface area contributed by atoms with E-state index >= 15 is 0 Å². The number of benzene rings is 2. The predicted octanol–water partition coefficient (Wildman–Crippen LogP) is 5.07. The number of hydrogen-bond acceptors (Lipinski definition) is 6. The van der Waals surface area contributed by atoms with Crippen molar-refractivity contribution in [3.63, 3.8) is 0 Å². The van der Waals surface area contributed by atoms with Gasteiger partial charge >= 0.3 is 0 Å². The molecule has 0 radical (unpaired) electrons. The minimum absolute atomic E-state index is 0.0929. The molecule has 1 saturated heterocycles. The third kappa shape index (κ3) is 5.44. The number of carbonyl (C=O) groups is 1. The van der Waals surface area contributed by atoms with Gasteiger partial charge in [0.25, 0.3) is 5.56 Å². The molecular weight excluding hydrogens is 633 g/mol. The molecule has 46 heavy (non-hydrogen) atoms. The maximum Gasteiger partial charge on any atom is 0.260 e. The summed E-state index contributed by atoms with van der Waals surface area (Å²) in [6.45, 7) is -0.567. The average molecular weight is 662 g/mol. The summed E-state index contributed by atoms with van der Waals surface area (Å²) in [5.74, 6) is -12.8. The van der Waals surface area contributed by atoms with Crippen LogP contribution >= 0.6 is 0 Å². The Morgan fingerprint density at radius 2 is 1.59 bits per heavy atom. The molecule has 1 aliphatic heterocycles. The number of aryl methyl sites for hydroxylation is 1. The van der Waals surface area contributed by atoms with Crippen molar-refractivity contribution in [3.8, 4) is 0 Å². The first-order valence-electron chi connectivity index (χ1n) is 14.6. The van der Waals surface area contributed by atoms with Crippen molar-refractivity contribution in [1.82, 2.24) is 18.8 Å². The number of pyridine rings is 1. The largest absolute Gasteiger partial charge is 0.305 e. The van der Waals surface area contributed by atoms with Crippen LogP contribution in [0.5, 0.6) is 0 Å². The van der Waals surface area contributed by atoms with Crippen molar-refractivity contribution in [3.05, 3.63) is 93.6 Å². The third-order valence-corrected chi connectivity index (χ3v) is 10.6. The summed E-state index contributed by atoms with van der Waals surface area (Å²) in [5, 5.41) is 0.260. The molecule has 2 aromatic heterocycles. The summed E-state index contributed by atoms with van der Waals surface area (Å²) in [7, 11) is -3.83. The fourth-order valence-electron chi connectivity index (χ4n) is 6.04. The highest BCUT2D eigenvalue weighted by Gasteiger charge is 2.48. The minimum atomic E-state index is -5.35. The van der Waals surface area contributed by atoms with Gasteiger partial charge in [-0.3, -0.25) is 14.6 Å². The monoisotopic (exact) mass is 661 g/mol. The lowest BCUT2D eigenvalue weighted by Crippen LogP contribution is -2.59. The molecule has 2 aromatic carbocycles. The van der Waals surface area contributed by atoms with Gasteiger partial charge in [0.1, 0.15) is 6.04 Å². The van der Waals surface area contributed by atoms with Gasteiger partial charge in [0.15, 0.2) is 28.2 Å². The number of carbonyl (C=O) groups excluding carboxylic acids is 1. The maximum absolute atomic E-state index is 14.6. The topological polar surface area (TPSA) is 105 Å². The first kappa shape index (κ1) is 31.7. The Bertz CT molecular complexity index is 1990. The van der Waals surface area contributed by atoms with E-state index in [0.717, 1.165) is 31.2 Å². The second kappa shape index (κ2) is 12.2. The van der Waals surface area contributed by atoms with E-state index in [1.807, 2.05) is 6.07 Å². The molecule has 0 bridgehead atoms. The summed E-state index contributed by atoms with van der Waals surface area (Å²) >= 11 is 0. The normalized spacial score (nSPS) is 17.7. The lowest BCUT2D eigenvalue weighted by molar-refractivity contribution is -0.125. The molecule has 2 aliphatic rings. The lowest BCUT2D eigenvalue weighted by atomic mass is 9.85. The maximum atomic E-state index is 14.6. The number of amides is 1. The molecule has 1 unspecified atom stereocenters. The fourth-order valence-corrected chi connectivity index (χ4v) is 7.78. The van der Waals surface area contributed by atoms with Crippen molar-refractivity contribution in [2.45, 2.75) is 61.9 Å². The van der Waals surface area contributed by atoms with Crippen LogP contribution in [-0.2, 0) is 28.4 Å². The average Bonchev–Trinajstić information content (AvgIpc) is 3.03. The highest BCUT2D eigenvalue weighted by atomic mass is 32.2. The first-order valence-corrected chi connectivity index (χ1v) is 16.1. The summed E-state index contributed by atoms with van der Waals surface area (Å²) in [6, 6.07) is 6.55. The smallest absolute Gasteiger partial charge is 0.260 e. The predicted molar refractivity (Wildman–Crippen MR) is 157 cm³/mol. The van der Waals surface area contributed by atoms with Crippen LogP contribution < -0.4 is 10.5 Å². The number of sulfonamides is 1. The van der Waals surface area contributed by atoms with E-state index in [0.29, 0.717) is 15.9 Å². The van der Waals surface area contributed by atoms with Gasteiger partial charge in [-0.05, 0) is 55.0 Å². The Balaban J connectivity index is 1.36. The quantitative estimate of drug-likeness (QED) is 0.156. The molecule has 9 nitrogen and oxygen atoms in total. The standard InChI is InChI=1S/C31H28F5N5O4S/c1-39-16-38-22-13-20(9-10-21(22)30(39)42)40(15-19-8-7-18(14-37-19)17-5-3-2-4-6-17)31(43)23-11-12-41(23)46(44,45)29-27(35)25(33)24(32)26(34)28(29)36/h7-10,13-14,16-17,23H,2-6,11-12,15H2,1H3. The molecule has 3 heterocycles. The highest BCUT2D eigenvalue weighted by Crippen LogP contribution is 2.36. The van der Waals surface area contributed by atoms with E-state index in [1.165, 1.54) is 47.5 Å². The van der Waals surface area contributed by atoms with Crippen LogP contribution in [0, 0.1) is 29.1 Å². The lowest BCUT2D eigenvalue weighted by Gasteiger charge is -2.41. The number of anilines is 1. The van der Waals surface area contributed by atoms with Gasteiger partial charge in [0.05, 0.1) is 29.5 Å². The molecule has 0 N–H and O–H groups in total. The summed E-state index contributed by atoms with van der Waals surface area (Å²) in [6.07, 6.45) is 8.47. The molecule has 6 rings (SSSR count). The van der Waals surface area contributed by atoms with E-state index in [4.69, 9.17) is 0 Å². The molecule has 15 heteroatoms. The van der Waals surface area contributed by atoms with Gasteiger partial charge in [-0.25, -0.2) is 35.4 Å². The SMILES string of the molecule is Cn1cnc2cc(N(Cc3ccc(C4CCCCC4)cn3)C(=O)C3CCN3S(=O)(=O)c3c(F)c(F)c(F)c(F)c3F)ccc2c1=O. The zero-order valence-corrected chi connectivity index (χ0v) is 25.3. The summed E-state index contributed by atoms with van der Waals surface area (Å²) < 4.78 is 98.9. The van der Waals surface area contributed by atoms with E-state index in [2.05, 4.69) is 9.97 Å². The molecule has 1 aliphatic carbocycles. The van der Waals surface area contributed by atoms with Crippen molar-refractivity contribution in [2.75, 3.05) is 11.4 Å². The summed E-state index contributed by atoms with van der Waals surface area (Å²) in [5.41, 5.74) is 1.63. The summed E-state index contributed by atoms with van der Waals surface area (Å²) in [4.78, 5) is 34.6.